The molecule has 1 N–H and O–H groups in total. The quantitative estimate of drug-likeness (QED) is 0.763. The SMILES string of the molecule is O=C(NCC1CN(c2cc3c(nn2)CCC3)C1)c1cnc2ccccc2n1. The van der Waals surface area contributed by atoms with Gasteiger partial charge in [0.2, 0.25) is 0 Å². The van der Waals surface area contributed by atoms with Gasteiger partial charge in [-0.25, -0.2) is 4.98 Å². The number of benzene rings is 1. The highest BCUT2D eigenvalue weighted by atomic mass is 16.1. The molecule has 3 heterocycles. The van der Waals surface area contributed by atoms with Gasteiger partial charge in [-0.05, 0) is 43.0 Å². The molecule has 5 rings (SSSR count). The average molecular weight is 360 g/mol. The van der Waals surface area contributed by atoms with Crippen LogP contribution in [0.2, 0.25) is 0 Å². The van der Waals surface area contributed by atoms with Crippen LogP contribution in [0.3, 0.4) is 0 Å². The first kappa shape index (κ1) is 16.1. The second kappa shape index (κ2) is 6.57. The number of aromatic nitrogens is 4. The maximum Gasteiger partial charge on any atom is 0.271 e. The highest BCUT2D eigenvalue weighted by Gasteiger charge is 2.29. The van der Waals surface area contributed by atoms with Gasteiger partial charge in [-0.15, -0.1) is 5.10 Å². The Morgan fingerprint density at radius 2 is 2.00 bits per heavy atom. The van der Waals surface area contributed by atoms with E-state index in [4.69, 9.17) is 0 Å². The lowest BCUT2D eigenvalue weighted by molar-refractivity contribution is 0.0939. The number of carbonyl (C=O) groups excluding carboxylic acids is 1. The zero-order chi connectivity index (χ0) is 18.2. The molecule has 0 saturated carbocycles. The molecule has 27 heavy (non-hydrogen) atoms. The highest BCUT2D eigenvalue weighted by molar-refractivity contribution is 5.93. The van der Waals surface area contributed by atoms with Gasteiger partial charge in [-0.3, -0.25) is 9.78 Å². The minimum absolute atomic E-state index is 0.177. The van der Waals surface area contributed by atoms with Gasteiger partial charge in [-0.1, -0.05) is 12.1 Å². The van der Waals surface area contributed by atoms with Crippen LogP contribution in [0.5, 0.6) is 0 Å². The van der Waals surface area contributed by atoms with Gasteiger partial charge in [0, 0.05) is 25.6 Å². The van der Waals surface area contributed by atoms with Crippen molar-refractivity contribution in [2.45, 2.75) is 19.3 Å². The molecule has 0 radical (unpaired) electrons. The number of aryl methyl sites for hydroxylation is 2. The molecule has 1 amide bonds. The predicted molar refractivity (Wildman–Crippen MR) is 102 cm³/mol. The van der Waals surface area contributed by atoms with E-state index >= 15 is 0 Å². The van der Waals surface area contributed by atoms with E-state index in [-0.39, 0.29) is 5.91 Å². The number of rotatable bonds is 4. The smallest absolute Gasteiger partial charge is 0.271 e. The lowest BCUT2D eigenvalue weighted by Crippen LogP contribution is -2.52. The zero-order valence-electron chi connectivity index (χ0n) is 14.9. The summed E-state index contributed by atoms with van der Waals surface area (Å²) in [7, 11) is 0. The molecule has 7 heteroatoms. The first-order valence-corrected chi connectivity index (χ1v) is 9.37. The van der Waals surface area contributed by atoms with Crippen LogP contribution in [-0.4, -0.2) is 45.7 Å². The summed E-state index contributed by atoms with van der Waals surface area (Å²) >= 11 is 0. The van der Waals surface area contributed by atoms with Gasteiger partial charge in [0.15, 0.2) is 5.82 Å². The van der Waals surface area contributed by atoms with E-state index in [1.165, 1.54) is 18.2 Å². The maximum atomic E-state index is 12.4. The summed E-state index contributed by atoms with van der Waals surface area (Å²) in [6, 6.07) is 9.72. The molecule has 7 nitrogen and oxygen atoms in total. The molecule has 2 aliphatic rings. The van der Waals surface area contributed by atoms with Crippen molar-refractivity contribution in [3.63, 3.8) is 0 Å². The van der Waals surface area contributed by atoms with Crippen molar-refractivity contribution in [1.29, 1.82) is 0 Å². The summed E-state index contributed by atoms with van der Waals surface area (Å²) in [5, 5.41) is 11.7. The lowest BCUT2D eigenvalue weighted by Gasteiger charge is -2.40. The predicted octanol–water partition coefficient (Wildman–Crippen LogP) is 1.77. The number of fused-ring (bicyclic) bond motifs is 2. The number of amides is 1. The first-order chi connectivity index (χ1) is 13.3. The van der Waals surface area contributed by atoms with E-state index < -0.39 is 0 Å². The fraction of sp³-hybridized carbons (Fsp3) is 0.350. The van der Waals surface area contributed by atoms with Crippen molar-refractivity contribution in [3.05, 3.63) is 53.5 Å². The van der Waals surface area contributed by atoms with Gasteiger partial charge < -0.3 is 10.2 Å². The van der Waals surface area contributed by atoms with E-state index in [1.807, 2.05) is 24.3 Å². The molecular weight excluding hydrogens is 340 g/mol. The summed E-state index contributed by atoms with van der Waals surface area (Å²) in [6.07, 6.45) is 4.87. The van der Waals surface area contributed by atoms with Gasteiger partial charge >= 0.3 is 0 Å². The second-order valence-corrected chi connectivity index (χ2v) is 7.25. The number of nitrogens with one attached hydrogen (secondary N) is 1. The van der Waals surface area contributed by atoms with Gasteiger partial charge in [0.05, 0.1) is 22.9 Å². The van der Waals surface area contributed by atoms with Crippen LogP contribution >= 0.6 is 0 Å². The average Bonchev–Trinajstić information content (AvgIpc) is 3.14. The van der Waals surface area contributed by atoms with Crippen molar-refractivity contribution in [1.82, 2.24) is 25.5 Å². The molecule has 1 saturated heterocycles. The fourth-order valence-corrected chi connectivity index (χ4v) is 3.75. The second-order valence-electron chi connectivity index (χ2n) is 7.25. The Morgan fingerprint density at radius 3 is 2.89 bits per heavy atom. The van der Waals surface area contributed by atoms with Crippen molar-refractivity contribution in [3.8, 4) is 0 Å². The molecule has 1 aliphatic heterocycles. The van der Waals surface area contributed by atoms with Gasteiger partial charge in [0.25, 0.3) is 5.91 Å². The van der Waals surface area contributed by atoms with Crippen molar-refractivity contribution >= 4 is 22.8 Å². The molecule has 1 aromatic carbocycles. The molecule has 1 aliphatic carbocycles. The lowest BCUT2D eigenvalue weighted by atomic mass is 10.00. The fourth-order valence-electron chi connectivity index (χ4n) is 3.75. The molecule has 136 valence electrons. The Hall–Kier alpha value is -3.09. The molecule has 0 unspecified atom stereocenters. The van der Waals surface area contributed by atoms with Gasteiger partial charge in [0.1, 0.15) is 5.69 Å². The summed E-state index contributed by atoms with van der Waals surface area (Å²) in [5.41, 5.74) is 4.37. The summed E-state index contributed by atoms with van der Waals surface area (Å²) in [4.78, 5) is 23.3. The maximum absolute atomic E-state index is 12.4. The Kier molecular flexibility index (Phi) is 3.92. The molecular formula is C20H20N6O. The van der Waals surface area contributed by atoms with Crippen LogP contribution in [0.25, 0.3) is 11.0 Å². The molecule has 2 aromatic heterocycles. The van der Waals surface area contributed by atoms with Crippen molar-refractivity contribution < 1.29 is 4.79 Å². The monoisotopic (exact) mass is 360 g/mol. The van der Waals surface area contributed by atoms with E-state index in [2.05, 4.69) is 36.4 Å². The first-order valence-electron chi connectivity index (χ1n) is 9.37. The summed E-state index contributed by atoms with van der Waals surface area (Å²) in [6.45, 7) is 2.40. The normalized spacial score (nSPS) is 16.2. The Labute approximate surface area is 156 Å². The Balaban J connectivity index is 1.16. The molecule has 1 fully saturated rings. The third-order valence-electron chi connectivity index (χ3n) is 5.32. The van der Waals surface area contributed by atoms with Crippen LogP contribution in [0.4, 0.5) is 5.82 Å². The van der Waals surface area contributed by atoms with E-state index in [0.29, 0.717) is 18.2 Å². The third-order valence-corrected chi connectivity index (χ3v) is 5.32. The summed E-state index contributed by atoms with van der Waals surface area (Å²) in [5.74, 6) is 1.19. The van der Waals surface area contributed by atoms with E-state index in [1.54, 1.807) is 0 Å². The number of hydrogen-bond acceptors (Lipinski definition) is 6. The standard InChI is InChI=1S/C20H20N6O/c27-20(18-10-21-16-5-1-2-6-17(16)23-18)22-9-13-11-26(12-13)19-8-14-4-3-7-15(14)24-25-19/h1-2,5-6,8,10,13H,3-4,7,9,11-12H2,(H,22,27). The number of nitrogens with zero attached hydrogens (tertiary/aromatic N) is 5. The molecule has 0 spiro atoms. The van der Waals surface area contributed by atoms with Crippen LogP contribution < -0.4 is 10.2 Å². The van der Waals surface area contributed by atoms with Crippen molar-refractivity contribution in [2.75, 3.05) is 24.5 Å². The number of para-hydroxylation sites is 2. The zero-order valence-corrected chi connectivity index (χ0v) is 14.9. The highest BCUT2D eigenvalue weighted by Crippen LogP contribution is 2.26. The van der Waals surface area contributed by atoms with E-state index in [0.717, 1.165) is 48.5 Å². The molecule has 0 bridgehead atoms. The Bertz CT molecular complexity index is 1010. The van der Waals surface area contributed by atoms with Crippen molar-refractivity contribution in [2.24, 2.45) is 5.92 Å². The molecule has 3 aromatic rings. The van der Waals surface area contributed by atoms with Crippen LogP contribution in [0.1, 0.15) is 28.2 Å². The van der Waals surface area contributed by atoms with E-state index in [9.17, 15) is 4.79 Å². The topological polar surface area (TPSA) is 83.9 Å². The summed E-state index contributed by atoms with van der Waals surface area (Å²) < 4.78 is 0. The Morgan fingerprint density at radius 1 is 1.15 bits per heavy atom. The third kappa shape index (κ3) is 3.09. The van der Waals surface area contributed by atoms with Crippen LogP contribution in [0.15, 0.2) is 36.5 Å². The number of hydrogen-bond donors (Lipinski definition) is 1. The number of anilines is 1. The largest absolute Gasteiger partial charge is 0.354 e. The van der Waals surface area contributed by atoms with Crippen LogP contribution in [0, 0.1) is 5.92 Å². The minimum atomic E-state index is -0.177. The molecule has 0 atom stereocenters. The number of carbonyl (C=O) groups is 1. The minimum Gasteiger partial charge on any atom is -0.354 e. The van der Waals surface area contributed by atoms with Crippen LogP contribution in [-0.2, 0) is 12.8 Å². The van der Waals surface area contributed by atoms with Gasteiger partial charge in [-0.2, -0.15) is 5.10 Å².